The van der Waals surface area contributed by atoms with Crippen LogP contribution in [-0.2, 0) is 14.3 Å². The van der Waals surface area contributed by atoms with Crippen LogP contribution < -0.4 is 0 Å². The summed E-state index contributed by atoms with van der Waals surface area (Å²) < 4.78 is 9.98. The molecule has 0 aromatic carbocycles. The zero-order valence-electron chi connectivity index (χ0n) is 7.87. The molecule has 0 aliphatic rings. The van der Waals surface area contributed by atoms with Crippen LogP contribution >= 0.6 is 0 Å². The van der Waals surface area contributed by atoms with Crippen molar-refractivity contribution >= 4 is 35.5 Å². The number of carboxylic acids is 1. The van der Waals surface area contributed by atoms with Crippen molar-refractivity contribution in [1.29, 1.82) is 0 Å². The summed E-state index contributed by atoms with van der Waals surface area (Å²) in [4.78, 5) is 10.2. The van der Waals surface area contributed by atoms with E-state index in [1.165, 1.54) is 0 Å². The van der Waals surface area contributed by atoms with Gasteiger partial charge in [-0.3, -0.25) is 4.79 Å². The second-order valence-corrected chi connectivity index (χ2v) is 1.94. The minimum Gasteiger partial charge on any atom is -0.481 e. The molecule has 0 aromatic heterocycles. The van der Waals surface area contributed by atoms with Crippen LogP contribution in [0.25, 0.3) is 0 Å². The molecule has 0 bridgehead atoms. The number of carboxylic acid groups (broad SMARTS) is 1. The molecule has 0 unspecified atom stereocenters. The Labute approximate surface area is 94.5 Å². The number of rotatable bonds is 6. The predicted molar refractivity (Wildman–Crippen MR) is 45.0 cm³/mol. The van der Waals surface area contributed by atoms with Crippen LogP contribution in [0.1, 0.15) is 20.3 Å². The average molecular weight is 185 g/mol. The van der Waals surface area contributed by atoms with Gasteiger partial charge >= 0.3 is 5.97 Å². The summed E-state index contributed by atoms with van der Waals surface area (Å²) in [5, 5.41) is 8.38. The van der Waals surface area contributed by atoms with E-state index in [1.807, 2.05) is 0 Å². The first-order valence-electron chi connectivity index (χ1n) is 3.65. The van der Waals surface area contributed by atoms with Gasteiger partial charge in [0.1, 0.15) is 0 Å². The van der Waals surface area contributed by atoms with E-state index in [0.717, 1.165) is 0 Å². The van der Waals surface area contributed by atoms with Crippen LogP contribution in [0.2, 0.25) is 0 Å². The third-order valence-electron chi connectivity index (χ3n) is 1.05. The molecule has 0 aliphatic heterocycles. The largest absolute Gasteiger partial charge is 0.481 e. The Morgan fingerprint density at radius 1 is 1.33 bits per heavy atom. The standard InChI is InChI=1S/C7H14O4.Na/c1-3-10-7(11-4-2)5-6(8)9;/h7H,3-5H2,1-2H3,(H,8,9);. The zero-order valence-corrected chi connectivity index (χ0v) is 9.87. The van der Waals surface area contributed by atoms with Gasteiger partial charge in [0, 0.05) is 42.8 Å². The fraction of sp³-hybridized carbons (Fsp3) is 0.857. The molecule has 0 aliphatic carbocycles. The fourth-order valence-corrected chi connectivity index (χ4v) is 0.680. The Morgan fingerprint density at radius 3 is 2.00 bits per heavy atom. The monoisotopic (exact) mass is 185 g/mol. The zero-order chi connectivity index (χ0) is 8.69. The van der Waals surface area contributed by atoms with Crippen molar-refractivity contribution in [1.82, 2.24) is 0 Å². The Bertz CT molecular complexity index is 112. The summed E-state index contributed by atoms with van der Waals surface area (Å²) in [7, 11) is 0. The predicted octanol–water partition coefficient (Wildman–Crippen LogP) is 0.479. The van der Waals surface area contributed by atoms with Crippen molar-refractivity contribution in [3.05, 3.63) is 0 Å². The quantitative estimate of drug-likeness (QED) is 0.483. The third kappa shape index (κ3) is 8.49. The van der Waals surface area contributed by atoms with Gasteiger partial charge < -0.3 is 14.6 Å². The van der Waals surface area contributed by atoms with E-state index in [9.17, 15) is 4.79 Å². The first kappa shape index (κ1) is 14.9. The molecule has 1 radical (unpaired) electrons. The Kier molecular flexibility index (Phi) is 11.8. The van der Waals surface area contributed by atoms with Gasteiger partial charge in [0.15, 0.2) is 6.29 Å². The average Bonchev–Trinajstić information content (AvgIpc) is 1.87. The van der Waals surface area contributed by atoms with Crippen LogP contribution in [0.3, 0.4) is 0 Å². The first-order valence-corrected chi connectivity index (χ1v) is 3.65. The van der Waals surface area contributed by atoms with Crippen molar-refractivity contribution in [2.24, 2.45) is 0 Å². The van der Waals surface area contributed by atoms with Crippen LogP contribution in [0.15, 0.2) is 0 Å². The van der Waals surface area contributed by atoms with E-state index < -0.39 is 12.3 Å². The molecule has 5 heteroatoms. The SMILES string of the molecule is CCOC(CC(=O)O)OCC.[Na]. The molecule has 0 saturated carbocycles. The Morgan fingerprint density at radius 2 is 1.75 bits per heavy atom. The number of aliphatic carboxylic acids is 1. The van der Waals surface area contributed by atoms with Gasteiger partial charge in [0.25, 0.3) is 0 Å². The summed E-state index contributed by atoms with van der Waals surface area (Å²) in [6.45, 7) is 4.54. The van der Waals surface area contributed by atoms with Crippen LogP contribution in [0, 0.1) is 0 Å². The second-order valence-electron chi connectivity index (χ2n) is 1.94. The summed E-state index contributed by atoms with van der Waals surface area (Å²) in [5.74, 6) is -0.906. The molecule has 67 valence electrons. The normalized spacial score (nSPS) is 9.58. The van der Waals surface area contributed by atoms with E-state index in [-0.39, 0.29) is 36.0 Å². The second kappa shape index (κ2) is 9.48. The Hall–Kier alpha value is 0.390. The van der Waals surface area contributed by atoms with E-state index in [0.29, 0.717) is 13.2 Å². The van der Waals surface area contributed by atoms with Gasteiger partial charge in [-0.2, -0.15) is 0 Å². The summed E-state index contributed by atoms with van der Waals surface area (Å²) >= 11 is 0. The van der Waals surface area contributed by atoms with Gasteiger partial charge in [0.2, 0.25) is 0 Å². The molecule has 1 N–H and O–H groups in total. The molecule has 0 aromatic rings. The molecule has 0 amide bonds. The van der Waals surface area contributed by atoms with Gasteiger partial charge in [-0.15, -0.1) is 0 Å². The van der Waals surface area contributed by atoms with Crippen molar-refractivity contribution in [3.63, 3.8) is 0 Å². The third-order valence-corrected chi connectivity index (χ3v) is 1.05. The summed E-state index contributed by atoms with van der Waals surface area (Å²) in [6.07, 6.45) is -0.690. The Balaban J connectivity index is 0. The number of hydrogen-bond donors (Lipinski definition) is 1. The molecular weight excluding hydrogens is 171 g/mol. The number of ether oxygens (including phenoxy) is 2. The minimum absolute atomic E-state index is 0. The van der Waals surface area contributed by atoms with Crippen LogP contribution in [-0.4, -0.2) is 60.1 Å². The van der Waals surface area contributed by atoms with Gasteiger partial charge in [-0.25, -0.2) is 0 Å². The van der Waals surface area contributed by atoms with Crippen LogP contribution in [0.5, 0.6) is 0 Å². The van der Waals surface area contributed by atoms with E-state index in [4.69, 9.17) is 14.6 Å². The van der Waals surface area contributed by atoms with Crippen molar-refractivity contribution in [2.45, 2.75) is 26.6 Å². The molecular formula is C7H14NaO4. The molecule has 4 nitrogen and oxygen atoms in total. The molecule has 0 saturated heterocycles. The minimum atomic E-state index is -0.906. The molecule has 0 atom stereocenters. The maximum atomic E-state index is 10.2. The number of hydrogen-bond acceptors (Lipinski definition) is 3. The molecule has 0 heterocycles. The van der Waals surface area contributed by atoms with Gasteiger partial charge in [-0.1, -0.05) is 0 Å². The molecule has 0 fully saturated rings. The van der Waals surface area contributed by atoms with Crippen molar-refractivity contribution < 1.29 is 19.4 Å². The van der Waals surface area contributed by atoms with Crippen molar-refractivity contribution in [3.8, 4) is 0 Å². The van der Waals surface area contributed by atoms with Gasteiger partial charge in [-0.05, 0) is 13.8 Å². The van der Waals surface area contributed by atoms with E-state index >= 15 is 0 Å². The first-order chi connectivity index (χ1) is 5.20. The number of carbonyl (C=O) groups is 1. The molecule has 0 spiro atoms. The maximum absolute atomic E-state index is 10.2. The van der Waals surface area contributed by atoms with Crippen molar-refractivity contribution in [2.75, 3.05) is 13.2 Å². The summed E-state index contributed by atoms with van der Waals surface area (Å²) in [5.41, 5.74) is 0. The van der Waals surface area contributed by atoms with Crippen LogP contribution in [0.4, 0.5) is 0 Å². The molecule has 0 rings (SSSR count). The molecule has 12 heavy (non-hydrogen) atoms. The topological polar surface area (TPSA) is 55.8 Å². The smallest absolute Gasteiger partial charge is 0.308 e. The van der Waals surface area contributed by atoms with Gasteiger partial charge in [0.05, 0.1) is 6.42 Å². The maximum Gasteiger partial charge on any atom is 0.308 e. The fourth-order valence-electron chi connectivity index (χ4n) is 0.680. The van der Waals surface area contributed by atoms with E-state index in [2.05, 4.69) is 0 Å². The summed E-state index contributed by atoms with van der Waals surface area (Å²) in [6, 6.07) is 0. The van der Waals surface area contributed by atoms with E-state index in [1.54, 1.807) is 13.8 Å².